The van der Waals surface area contributed by atoms with E-state index in [1.54, 1.807) is 0 Å². The SMILES string of the molecule is COC(=O)c1nc(-c2ccc(Cl)c(OC)c2F)nc2c1NCCN2Cc1ccccc1. The average molecular weight is 443 g/mol. The highest BCUT2D eigenvalue weighted by Gasteiger charge is 2.29. The number of ether oxygens (including phenoxy) is 2. The second-order valence-corrected chi connectivity index (χ2v) is 7.27. The summed E-state index contributed by atoms with van der Waals surface area (Å²) in [7, 11) is 2.60. The predicted molar refractivity (Wildman–Crippen MR) is 116 cm³/mol. The van der Waals surface area contributed by atoms with Crippen LogP contribution < -0.4 is 15.0 Å². The third kappa shape index (κ3) is 3.98. The number of carbonyl (C=O) groups is 1. The lowest BCUT2D eigenvalue weighted by Crippen LogP contribution is -2.35. The van der Waals surface area contributed by atoms with Crippen LogP contribution in [0.25, 0.3) is 11.4 Å². The number of methoxy groups -OCH3 is 2. The molecule has 9 heteroatoms. The molecule has 2 aromatic carbocycles. The molecule has 0 amide bonds. The van der Waals surface area contributed by atoms with E-state index in [2.05, 4.69) is 15.3 Å². The van der Waals surface area contributed by atoms with Crippen LogP contribution in [-0.4, -0.2) is 43.2 Å². The molecule has 3 aromatic rings. The Labute approximate surface area is 183 Å². The molecule has 0 atom stereocenters. The van der Waals surface area contributed by atoms with Crippen LogP contribution in [0.15, 0.2) is 42.5 Å². The Morgan fingerprint density at radius 3 is 2.68 bits per heavy atom. The maximum Gasteiger partial charge on any atom is 0.359 e. The van der Waals surface area contributed by atoms with Gasteiger partial charge in [0.2, 0.25) is 0 Å². The highest BCUT2D eigenvalue weighted by Crippen LogP contribution is 2.37. The minimum atomic E-state index is -0.704. The van der Waals surface area contributed by atoms with Crippen LogP contribution in [0.2, 0.25) is 5.02 Å². The number of carbonyl (C=O) groups excluding carboxylic acids is 1. The van der Waals surface area contributed by atoms with Crippen LogP contribution in [0.5, 0.6) is 5.75 Å². The van der Waals surface area contributed by atoms with Crippen molar-refractivity contribution in [2.45, 2.75) is 6.54 Å². The standard InChI is InChI=1S/C22H20ClFN4O3/c1-30-19-15(23)9-8-14(16(19)24)20-26-18(22(29)31-2)17-21(27-20)28(11-10-25-17)12-13-6-4-3-5-7-13/h3-9,25H,10-12H2,1-2H3. The molecule has 0 saturated carbocycles. The van der Waals surface area contributed by atoms with E-state index in [1.165, 1.54) is 26.4 Å². The van der Waals surface area contributed by atoms with Gasteiger partial charge in [-0.1, -0.05) is 41.9 Å². The quantitative estimate of drug-likeness (QED) is 0.594. The molecule has 1 aliphatic rings. The van der Waals surface area contributed by atoms with Crippen LogP contribution in [-0.2, 0) is 11.3 Å². The summed E-state index contributed by atoms with van der Waals surface area (Å²) < 4.78 is 25.1. The largest absolute Gasteiger partial charge is 0.492 e. The molecule has 0 saturated heterocycles. The van der Waals surface area contributed by atoms with Gasteiger partial charge in [0.25, 0.3) is 0 Å². The second kappa shape index (κ2) is 8.77. The number of fused-ring (bicyclic) bond motifs is 1. The summed E-state index contributed by atoms with van der Waals surface area (Å²) >= 11 is 6.02. The molecule has 31 heavy (non-hydrogen) atoms. The fraction of sp³-hybridized carbons (Fsp3) is 0.227. The summed E-state index contributed by atoms with van der Waals surface area (Å²) in [6.07, 6.45) is 0. The first kappa shape index (κ1) is 20.9. The second-order valence-electron chi connectivity index (χ2n) is 6.86. The zero-order valence-electron chi connectivity index (χ0n) is 17.0. The van der Waals surface area contributed by atoms with Gasteiger partial charge in [-0.05, 0) is 17.7 Å². The van der Waals surface area contributed by atoms with Crippen LogP contribution in [0, 0.1) is 5.82 Å². The van der Waals surface area contributed by atoms with E-state index >= 15 is 4.39 Å². The zero-order chi connectivity index (χ0) is 22.0. The molecule has 1 N–H and O–H groups in total. The number of hydrogen-bond acceptors (Lipinski definition) is 7. The van der Waals surface area contributed by atoms with Crippen molar-refractivity contribution < 1.29 is 18.7 Å². The Kier molecular flexibility index (Phi) is 5.90. The van der Waals surface area contributed by atoms with E-state index in [4.69, 9.17) is 21.1 Å². The molecule has 0 bridgehead atoms. The summed E-state index contributed by atoms with van der Waals surface area (Å²) in [6, 6.07) is 12.8. The van der Waals surface area contributed by atoms with Crippen molar-refractivity contribution in [1.29, 1.82) is 0 Å². The molecule has 0 unspecified atom stereocenters. The highest BCUT2D eigenvalue weighted by atomic mass is 35.5. The lowest BCUT2D eigenvalue weighted by Gasteiger charge is -2.32. The summed E-state index contributed by atoms with van der Waals surface area (Å²) in [5.41, 5.74) is 1.64. The van der Waals surface area contributed by atoms with E-state index in [9.17, 15) is 4.79 Å². The van der Waals surface area contributed by atoms with Crippen LogP contribution in [0.3, 0.4) is 0 Å². The number of esters is 1. The molecule has 7 nitrogen and oxygen atoms in total. The van der Waals surface area contributed by atoms with Crippen molar-refractivity contribution in [2.24, 2.45) is 0 Å². The number of rotatable bonds is 5. The van der Waals surface area contributed by atoms with Crippen molar-refractivity contribution in [3.05, 3.63) is 64.6 Å². The highest BCUT2D eigenvalue weighted by molar-refractivity contribution is 6.32. The molecular formula is C22H20ClFN4O3. The van der Waals surface area contributed by atoms with Crippen molar-refractivity contribution in [3.63, 3.8) is 0 Å². The lowest BCUT2D eigenvalue weighted by atomic mass is 10.1. The van der Waals surface area contributed by atoms with Gasteiger partial charge in [0.15, 0.2) is 28.9 Å². The van der Waals surface area contributed by atoms with Crippen molar-refractivity contribution in [2.75, 3.05) is 37.5 Å². The Morgan fingerprint density at radius 1 is 1.19 bits per heavy atom. The van der Waals surface area contributed by atoms with E-state index < -0.39 is 11.8 Å². The Bertz CT molecular complexity index is 1130. The van der Waals surface area contributed by atoms with Gasteiger partial charge in [-0.2, -0.15) is 0 Å². The summed E-state index contributed by atoms with van der Waals surface area (Å²) in [4.78, 5) is 23.4. The first-order chi connectivity index (χ1) is 15.0. The third-order valence-corrected chi connectivity index (χ3v) is 5.26. The molecule has 0 aliphatic carbocycles. The summed E-state index contributed by atoms with van der Waals surface area (Å²) in [5, 5.41) is 3.31. The number of aromatic nitrogens is 2. The van der Waals surface area contributed by atoms with Crippen molar-refractivity contribution in [3.8, 4) is 17.1 Å². The van der Waals surface area contributed by atoms with E-state index in [-0.39, 0.29) is 27.9 Å². The molecule has 0 fully saturated rings. The molecule has 2 heterocycles. The summed E-state index contributed by atoms with van der Waals surface area (Å²) in [5.74, 6) is -0.930. The minimum absolute atomic E-state index is 0.0355. The van der Waals surface area contributed by atoms with E-state index in [0.717, 1.165) is 5.56 Å². The van der Waals surface area contributed by atoms with E-state index in [1.807, 2.05) is 35.2 Å². The number of nitrogens with zero attached hydrogens (tertiary/aromatic N) is 3. The van der Waals surface area contributed by atoms with Gasteiger partial charge in [0.1, 0.15) is 5.69 Å². The van der Waals surface area contributed by atoms with Gasteiger partial charge >= 0.3 is 5.97 Å². The number of halogens is 2. The van der Waals surface area contributed by atoms with Gasteiger partial charge < -0.3 is 19.7 Å². The molecular weight excluding hydrogens is 423 g/mol. The number of nitrogens with one attached hydrogen (secondary N) is 1. The van der Waals surface area contributed by atoms with Gasteiger partial charge in [0, 0.05) is 19.6 Å². The molecule has 1 aliphatic heterocycles. The molecule has 0 spiro atoms. The number of hydrogen-bond donors (Lipinski definition) is 1. The Balaban J connectivity index is 1.87. The Morgan fingerprint density at radius 2 is 1.97 bits per heavy atom. The first-order valence-corrected chi connectivity index (χ1v) is 9.96. The molecule has 160 valence electrons. The third-order valence-electron chi connectivity index (χ3n) is 4.96. The molecule has 1 aromatic heterocycles. The average Bonchev–Trinajstić information content (AvgIpc) is 2.79. The monoisotopic (exact) mass is 442 g/mol. The van der Waals surface area contributed by atoms with Gasteiger partial charge in [-0.25, -0.2) is 19.2 Å². The molecule has 0 radical (unpaired) electrons. The fourth-order valence-corrected chi connectivity index (χ4v) is 3.70. The normalized spacial score (nSPS) is 12.7. The lowest BCUT2D eigenvalue weighted by molar-refractivity contribution is 0.0595. The summed E-state index contributed by atoms with van der Waals surface area (Å²) in [6.45, 7) is 1.81. The smallest absolute Gasteiger partial charge is 0.359 e. The van der Waals surface area contributed by atoms with Crippen LogP contribution in [0.1, 0.15) is 16.1 Å². The van der Waals surface area contributed by atoms with Crippen LogP contribution >= 0.6 is 11.6 Å². The van der Waals surface area contributed by atoms with Crippen LogP contribution in [0.4, 0.5) is 15.9 Å². The first-order valence-electron chi connectivity index (χ1n) is 9.59. The fourth-order valence-electron chi connectivity index (χ4n) is 3.48. The minimum Gasteiger partial charge on any atom is -0.492 e. The predicted octanol–water partition coefficient (Wildman–Crippen LogP) is 4.16. The zero-order valence-corrected chi connectivity index (χ0v) is 17.7. The van der Waals surface area contributed by atoms with E-state index in [0.29, 0.717) is 31.1 Å². The van der Waals surface area contributed by atoms with Gasteiger partial charge in [0.05, 0.1) is 24.8 Å². The number of benzene rings is 2. The van der Waals surface area contributed by atoms with Crippen molar-refractivity contribution in [1.82, 2.24) is 9.97 Å². The maximum atomic E-state index is 15.1. The van der Waals surface area contributed by atoms with Gasteiger partial charge in [-0.3, -0.25) is 0 Å². The number of anilines is 2. The van der Waals surface area contributed by atoms with Crippen molar-refractivity contribution >= 4 is 29.1 Å². The Hall–Kier alpha value is -3.39. The maximum absolute atomic E-state index is 15.1. The van der Waals surface area contributed by atoms with Gasteiger partial charge in [-0.15, -0.1) is 0 Å². The molecule has 4 rings (SSSR count). The topological polar surface area (TPSA) is 76.6 Å².